The SMILES string of the molecule is COc1cc(/C=C(\CCCCl)C(=O)OCC(=O)c2ccc(F)cc2)ccc1-n1cnc(C)c1. The van der Waals surface area contributed by atoms with Crippen LogP contribution in [-0.2, 0) is 9.53 Å². The number of hydrogen-bond acceptors (Lipinski definition) is 5. The fraction of sp³-hybridized carbons (Fsp3) is 0.240. The van der Waals surface area contributed by atoms with Crippen molar-refractivity contribution in [3.8, 4) is 11.4 Å². The Labute approximate surface area is 196 Å². The second kappa shape index (κ2) is 11.4. The van der Waals surface area contributed by atoms with Crippen LogP contribution in [0.4, 0.5) is 4.39 Å². The maximum atomic E-state index is 13.0. The third-order valence-corrected chi connectivity index (χ3v) is 5.14. The van der Waals surface area contributed by atoms with Crippen LogP contribution in [0.1, 0.15) is 34.5 Å². The molecule has 8 heteroatoms. The maximum Gasteiger partial charge on any atom is 0.334 e. The van der Waals surface area contributed by atoms with E-state index in [1.54, 1.807) is 19.5 Å². The van der Waals surface area contributed by atoms with E-state index in [-0.39, 0.29) is 5.56 Å². The van der Waals surface area contributed by atoms with Crippen molar-refractivity contribution in [3.63, 3.8) is 0 Å². The molecule has 6 nitrogen and oxygen atoms in total. The third kappa shape index (κ3) is 6.52. The molecule has 3 rings (SSSR count). The molecule has 2 aromatic carbocycles. The lowest BCUT2D eigenvalue weighted by molar-refractivity contribution is -0.138. The molecule has 0 spiro atoms. The number of rotatable bonds is 10. The Morgan fingerprint density at radius 1 is 1.18 bits per heavy atom. The van der Waals surface area contributed by atoms with Crippen molar-refractivity contribution in [2.24, 2.45) is 0 Å². The summed E-state index contributed by atoms with van der Waals surface area (Å²) in [7, 11) is 1.57. The van der Waals surface area contributed by atoms with Gasteiger partial charge in [0, 0.05) is 23.2 Å². The predicted molar refractivity (Wildman–Crippen MR) is 124 cm³/mol. The van der Waals surface area contributed by atoms with Crippen LogP contribution in [-0.4, -0.2) is 40.9 Å². The minimum Gasteiger partial charge on any atom is -0.495 e. The van der Waals surface area contributed by atoms with Crippen LogP contribution in [0.25, 0.3) is 11.8 Å². The number of methoxy groups -OCH3 is 1. The highest BCUT2D eigenvalue weighted by Crippen LogP contribution is 2.26. The van der Waals surface area contributed by atoms with E-state index < -0.39 is 24.2 Å². The van der Waals surface area contributed by atoms with Crippen LogP contribution in [0, 0.1) is 12.7 Å². The molecule has 0 saturated heterocycles. The van der Waals surface area contributed by atoms with Crippen molar-refractivity contribution < 1.29 is 23.5 Å². The molecule has 0 saturated carbocycles. The van der Waals surface area contributed by atoms with Gasteiger partial charge in [-0.05, 0) is 67.8 Å². The molecule has 1 aromatic heterocycles. The van der Waals surface area contributed by atoms with E-state index in [1.807, 2.05) is 35.9 Å². The molecule has 0 aliphatic rings. The van der Waals surface area contributed by atoms with Crippen molar-refractivity contribution >= 4 is 29.4 Å². The largest absolute Gasteiger partial charge is 0.495 e. The van der Waals surface area contributed by atoms with Crippen LogP contribution in [0.15, 0.2) is 60.6 Å². The lowest BCUT2D eigenvalue weighted by Crippen LogP contribution is -2.16. The first kappa shape index (κ1) is 24.2. The Hall–Kier alpha value is -3.45. The van der Waals surface area contributed by atoms with Gasteiger partial charge in [0.25, 0.3) is 0 Å². The van der Waals surface area contributed by atoms with Crippen LogP contribution in [0.5, 0.6) is 5.75 Å². The first-order valence-electron chi connectivity index (χ1n) is 10.3. The average Bonchev–Trinajstić information content (AvgIpc) is 3.26. The Balaban J connectivity index is 1.78. The zero-order valence-electron chi connectivity index (χ0n) is 18.4. The number of Topliss-reactive ketones (excluding diaryl/α,β-unsaturated/α-hetero) is 1. The number of benzene rings is 2. The van der Waals surface area contributed by atoms with Gasteiger partial charge in [0.15, 0.2) is 12.4 Å². The van der Waals surface area contributed by atoms with E-state index in [1.165, 1.54) is 24.3 Å². The van der Waals surface area contributed by atoms with Gasteiger partial charge in [0.1, 0.15) is 11.6 Å². The number of halogens is 2. The van der Waals surface area contributed by atoms with Crippen LogP contribution < -0.4 is 4.74 Å². The van der Waals surface area contributed by atoms with Gasteiger partial charge in [0.05, 0.1) is 24.8 Å². The van der Waals surface area contributed by atoms with Crippen LogP contribution in [0.2, 0.25) is 0 Å². The van der Waals surface area contributed by atoms with E-state index in [0.29, 0.717) is 30.0 Å². The van der Waals surface area contributed by atoms with E-state index in [2.05, 4.69) is 4.98 Å². The summed E-state index contributed by atoms with van der Waals surface area (Å²) < 4.78 is 25.7. The van der Waals surface area contributed by atoms with E-state index in [9.17, 15) is 14.0 Å². The standard InChI is InChI=1S/C25H24ClFN2O4/c1-17-14-29(16-28-17)22-10-5-18(13-24(22)32-2)12-20(4-3-11-26)25(31)33-15-23(30)19-6-8-21(27)9-7-19/h5-10,12-14,16H,3-4,11,15H2,1-2H3/b20-12+. The molecular weight excluding hydrogens is 447 g/mol. The zero-order valence-corrected chi connectivity index (χ0v) is 19.1. The molecule has 0 amide bonds. The van der Waals surface area contributed by atoms with Crippen molar-refractivity contribution in [2.45, 2.75) is 19.8 Å². The number of ketones is 1. The smallest absolute Gasteiger partial charge is 0.334 e. The minimum atomic E-state index is -0.608. The highest BCUT2D eigenvalue weighted by Gasteiger charge is 2.15. The highest BCUT2D eigenvalue weighted by atomic mass is 35.5. The Morgan fingerprint density at radius 2 is 1.94 bits per heavy atom. The Morgan fingerprint density at radius 3 is 2.58 bits per heavy atom. The summed E-state index contributed by atoms with van der Waals surface area (Å²) >= 11 is 5.82. The number of alkyl halides is 1. The summed E-state index contributed by atoms with van der Waals surface area (Å²) in [6.45, 7) is 1.46. The number of aryl methyl sites for hydroxylation is 1. The fourth-order valence-corrected chi connectivity index (χ4v) is 3.32. The summed E-state index contributed by atoms with van der Waals surface area (Å²) in [5.41, 5.74) is 3.08. The van der Waals surface area contributed by atoms with E-state index >= 15 is 0 Å². The quantitative estimate of drug-likeness (QED) is 0.177. The number of hydrogen-bond donors (Lipinski definition) is 0. The summed E-state index contributed by atoms with van der Waals surface area (Å²) in [4.78, 5) is 29.2. The molecule has 0 aliphatic carbocycles. The number of imidazole rings is 1. The highest BCUT2D eigenvalue weighted by molar-refractivity contribution is 6.17. The van der Waals surface area contributed by atoms with Gasteiger partial charge in [-0.15, -0.1) is 11.6 Å². The number of esters is 1. The first-order valence-corrected chi connectivity index (χ1v) is 10.9. The molecule has 0 aliphatic heterocycles. The maximum absolute atomic E-state index is 13.0. The number of carbonyl (C=O) groups is 2. The molecular formula is C25H24ClFN2O4. The molecule has 3 aromatic rings. The van der Waals surface area contributed by atoms with Gasteiger partial charge < -0.3 is 14.0 Å². The van der Waals surface area contributed by atoms with Crippen molar-refractivity contribution in [2.75, 3.05) is 19.6 Å². The molecule has 0 atom stereocenters. The number of carbonyl (C=O) groups excluding carboxylic acids is 2. The summed E-state index contributed by atoms with van der Waals surface area (Å²) in [5.74, 6) is -0.482. The lowest BCUT2D eigenvalue weighted by Gasteiger charge is -2.11. The van der Waals surface area contributed by atoms with Gasteiger partial charge in [-0.3, -0.25) is 4.79 Å². The Kier molecular flexibility index (Phi) is 8.38. The zero-order chi connectivity index (χ0) is 23.8. The third-order valence-electron chi connectivity index (χ3n) is 4.88. The topological polar surface area (TPSA) is 70.4 Å². The fourth-order valence-electron chi connectivity index (χ4n) is 3.18. The second-order valence-corrected chi connectivity index (χ2v) is 7.70. The van der Waals surface area contributed by atoms with Crippen LogP contribution >= 0.6 is 11.6 Å². The molecule has 0 radical (unpaired) electrons. The first-order chi connectivity index (χ1) is 15.9. The average molecular weight is 471 g/mol. The van der Waals surface area contributed by atoms with Crippen LogP contribution in [0.3, 0.4) is 0 Å². The summed E-state index contributed by atoms with van der Waals surface area (Å²) in [5, 5.41) is 0. The van der Waals surface area contributed by atoms with Crippen molar-refractivity contribution in [3.05, 3.63) is 83.2 Å². The molecule has 0 unspecified atom stereocenters. The minimum absolute atomic E-state index is 0.269. The van der Waals surface area contributed by atoms with E-state index in [0.717, 1.165) is 16.9 Å². The predicted octanol–water partition coefficient (Wildman–Crippen LogP) is 5.16. The molecule has 0 bridgehead atoms. The monoisotopic (exact) mass is 470 g/mol. The van der Waals surface area contributed by atoms with E-state index in [4.69, 9.17) is 21.1 Å². The second-order valence-electron chi connectivity index (χ2n) is 7.32. The lowest BCUT2D eigenvalue weighted by atomic mass is 10.1. The molecule has 1 heterocycles. The molecule has 0 N–H and O–H groups in total. The number of aromatic nitrogens is 2. The normalized spacial score (nSPS) is 11.3. The van der Waals surface area contributed by atoms with Gasteiger partial charge in [-0.2, -0.15) is 0 Å². The van der Waals surface area contributed by atoms with Gasteiger partial charge >= 0.3 is 5.97 Å². The van der Waals surface area contributed by atoms with Crippen molar-refractivity contribution in [1.82, 2.24) is 9.55 Å². The Bertz CT molecular complexity index is 1160. The molecule has 172 valence electrons. The summed E-state index contributed by atoms with van der Waals surface area (Å²) in [6.07, 6.45) is 6.23. The molecule has 0 fully saturated rings. The van der Waals surface area contributed by atoms with Gasteiger partial charge in [-0.25, -0.2) is 14.2 Å². The van der Waals surface area contributed by atoms with Crippen molar-refractivity contribution in [1.29, 1.82) is 0 Å². The number of nitrogens with zero attached hydrogens (tertiary/aromatic N) is 2. The summed E-state index contributed by atoms with van der Waals surface area (Å²) in [6, 6.07) is 10.6. The molecule has 33 heavy (non-hydrogen) atoms. The van der Waals surface area contributed by atoms with Gasteiger partial charge in [0.2, 0.25) is 0 Å². The number of ether oxygens (including phenoxy) is 2. The van der Waals surface area contributed by atoms with Gasteiger partial charge in [-0.1, -0.05) is 6.07 Å².